The third-order valence-electron chi connectivity index (χ3n) is 3.50. The maximum absolute atomic E-state index is 5.99. The van der Waals surface area contributed by atoms with Gasteiger partial charge in [-0.05, 0) is 53.0 Å². The van der Waals surface area contributed by atoms with E-state index in [1.807, 2.05) is 7.05 Å². The number of nitrogens with one attached hydrogen (secondary N) is 1. The fourth-order valence-corrected chi connectivity index (χ4v) is 2.15. The average molecular weight is 199 g/mol. The molecule has 84 valence electrons. The van der Waals surface area contributed by atoms with E-state index in [0.717, 1.165) is 0 Å². The number of ether oxygens (including phenoxy) is 1. The summed E-state index contributed by atoms with van der Waals surface area (Å²) in [6.07, 6.45) is 4.10. The highest BCUT2D eigenvalue weighted by Gasteiger charge is 2.32. The monoisotopic (exact) mass is 199 g/mol. The van der Waals surface area contributed by atoms with E-state index in [-0.39, 0.29) is 5.60 Å². The molecule has 3 unspecified atom stereocenters. The van der Waals surface area contributed by atoms with Crippen molar-refractivity contribution in [2.45, 2.75) is 64.7 Å². The minimum absolute atomic E-state index is 0.118. The Hall–Kier alpha value is -0.0800. The zero-order valence-electron chi connectivity index (χ0n) is 10.3. The van der Waals surface area contributed by atoms with Crippen LogP contribution in [0.5, 0.6) is 0 Å². The molecule has 0 amide bonds. The van der Waals surface area contributed by atoms with Gasteiger partial charge in [0.1, 0.15) is 0 Å². The quantitative estimate of drug-likeness (QED) is 0.751. The van der Waals surface area contributed by atoms with Crippen LogP contribution in [-0.4, -0.2) is 24.8 Å². The van der Waals surface area contributed by atoms with Gasteiger partial charge in [-0.15, -0.1) is 0 Å². The minimum Gasteiger partial charge on any atom is -0.372 e. The maximum Gasteiger partial charge on any atom is 0.0631 e. The largest absolute Gasteiger partial charge is 0.372 e. The van der Waals surface area contributed by atoms with Crippen LogP contribution in [0.2, 0.25) is 0 Å². The molecule has 0 radical (unpaired) electrons. The van der Waals surface area contributed by atoms with Crippen molar-refractivity contribution in [2.24, 2.45) is 5.92 Å². The van der Waals surface area contributed by atoms with Gasteiger partial charge in [0.05, 0.1) is 11.7 Å². The number of hydrogen-bond donors (Lipinski definition) is 1. The molecule has 0 aromatic rings. The first-order chi connectivity index (χ1) is 6.44. The Morgan fingerprint density at radius 2 is 2.07 bits per heavy atom. The van der Waals surface area contributed by atoms with E-state index in [9.17, 15) is 0 Å². The van der Waals surface area contributed by atoms with Gasteiger partial charge in [0, 0.05) is 6.04 Å². The second kappa shape index (κ2) is 4.63. The third-order valence-corrected chi connectivity index (χ3v) is 3.50. The molecule has 1 aliphatic heterocycles. The summed E-state index contributed by atoms with van der Waals surface area (Å²) in [4.78, 5) is 0. The van der Waals surface area contributed by atoms with Crippen LogP contribution in [0.1, 0.15) is 47.0 Å². The first kappa shape index (κ1) is 12.0. The molecular formula is C12H25NO. The lowest BCUT2D eigenvalue weighted by Gasteiger charge is -2.24. The Bertz CT molecular complexity index is 179. The van der Waals surface area contributed by atoms with Crippen molar-refractivity contribution in [1.29, 1.82) is 0 Å². The van der Waals surface area contributed by atoms with Gasteiger partial charge in [-0.2, -0.15) is 0 Å². The fraction of sp³-hybridized carbons (Fsp3) is 1.00. The molecule has 1 fully saturated rings. The van der Waals surface area contributed by atoms with Crippen LogP contribution in [0.15, 0.2) is 0 Å². The number of rotatable bonds is 4. The average Bonchev–Trinajstić information content (AvgIpc) is 2.44. The van der Waals surface area contributed by atoms with Crippen LogP contribution >= 0.6 is 0 Å². The van der Waals surface area contributed by atoms with E-state index in [1.54, 1.807) is 0 Å². The Labute approximate surface area is 88.4 Å². The van der Waals surface area contributed by atoms with E-state index in [2.05, 4.69) is 33.0 Å². The summed E-state index contributed by atoms with van der Waals surface area (Å²) < 4.78 is 5.99. The summed E-state index contributed by atoms with van der Waals surface area (Å²) >= 11 is 0. The molecule has 1 saturated heterocycles. The van der Waals surface area contributed by atoms with E-state index in [1.165, 1.54) is 19.3 Å². The highest BCUT2D eigenvalue weighted by molar-refractivity contribution is 4.83. The molecule has 1 rings (SSSR count). The second-order valence-corrected chi connectivity index (χ2v) is 5.33. The maximum atomic E-state index is 5.99. The van der Waals surface area contributed by atoms with Crippen LogP contribution in [0, 0.1) is 5.92 Å². The van der Waals surface area contributed by atoms with Crippen LogP contribution in [0.4, 0.5) is 0 Å². The standard InChI is InChI=1S/C12H25NO/c1-9(10(2)13-5)8-11-6-7-12(3,4)14-11/h9-11,13H,6-8H2,1-5H3. The first-order valence-corrected chi connectivity index (χ1v) is 5.79. The zero-order chi connectivity index (χ0) is 10.8. The lowest BCUT2D eigenvalue weighted by Crippen LogP contribution is -2.31. The van der Waals surface area contributed by atoms with Crippen LogP contribution in [-0.2, 0) is 4.74 Å². The molecule has 1 heterocycles. The van der Waals surface area contributed by atoms with Crippen LogP contribution < -0.4 is 5.32 Å². The van der Waals surface area contributed by atoms with E-state index in [4.69, 9.17) is 4.74 Å². The van der Waals surface area contributed by atoms with Crippen molar-refractivity contribution in [3.05, 3.63) is 0 Å². The molecule has 1 N–H and O–H groups in total. The van der Waals surface area contributed by atoms with E-state index in [0.29, 0.717) is 18.1 Å². The van der Waals surface area contributed by atoms with Crippen molar-refractivity contribution in [3.63, 3.8) is 0 Å². The summed E-state index contributed by atoms with van der Waals surface area (Å²) in [7, 11) is 2.03. The van der Waals surface area contributed by atoms with Gasteiger partial charge < -0.3 is 10.1 Å². The molecule has 3 atom stereocenters. The first-order valence-electron chi connectivity index (χ1n) is 5.79. The summed E-state index contributed by atoms with van der Waals surface area (Å²) in [6, 6.07) is 0.585. The topological polar surface area (TPSA) is 21.3 Å². The predicted molar refractivity (Wildman–Crippen MR) is 60.5 cm³/mol. The van der Waals surface area contributed by atoms with Gasteiger partial charge in [0.25, 0.3) is 0 Å². The molecule has 2 nitrogen and oxygen atoms in total. The smallest absolute Gasteiger partial charge is 0.0631 e. The molecule has 14 heavy (non-hydrogen) atoms. The van der Waals surface area contributed by atoms with Gasteiger partial charge in [0.2, 0.25) is 0 Å². The SMILES string of the molecule is CNC(C)C(C)CC1CCC(C)(C)O1. The fourth-order valence-electron chi connectivity index (χ4n) is 2.15. The molecule has 0 aromatic carbocycles. The van der Waals surface area contributed by atoms with Crippen molar-refractivity contribution >= 4 is 0 Å². The Kier molecular flexibility index (Phi) is 3.96. The van der Waals surface area contributed by atoms with Gasteiger partial charge in [0.15, 0.2) is 0 Å². The molecule has 0 aliphatic carbocycles. The molecule has 0 spiro atoms. The van der Waals surface area contributed by atoms with E-state index < -0.39 is 0 Å². The van der Waals surface area contributed by atoms with Gasteiger partial charge in [-0.1, -0.05) is 6.92 Å². The summed E-state index contributed by atoms with van der Waals surface area (Å²) in [5.41, 5.74) is 0.118. The van der Waals surface area contributed by atoms with Gasteiger partial charge >= 0.3 is 0 Å². The van der Waals surface area contributed by atoms with Crippen molar-refractivity contribution in [3.8, 4) is 0 Å². The van der Waals surface area contributed by atoms with Crippen molar-refractivity contribution < 1.29 is 4.74 Å². The lowest BCUT2D eigenvalue weighted by atomic mass is 9.95. The molecule has 0 bridgehead atoms. The molecule has 2 heteroatoms. The van der Waals surface area contributed by atoms with Crippen LogP contribution in [0.3, 0.4) is 0 Å². The van der Waals surface area contributed by atoms with Gasteiger partial charge in [-0.25, -0.2) is 0 Å². The normalized spacial score (nSPS) is 30.2. The lowest BCUT2D eigenvalue weighted by molar-refractivity contribution is -0.0250. The second-order valence-electron chi connectivity index (χ2n) is 5.33. The Morgan fingerprint density at radius 3 is 2.50 bits per heavy atom. The summed E-state index contributed by atoms with van der Waals surface area (Å²) in [6.45, 7) is 8.93. The molecule has 0 aromatic heterocycles. The minimum atomic E-state index is 0.118. The van der Waals surface area contributed by atoms with Crippen molar-refractivity contribution in [1.82, 2.24) is 5.32 Å². The summed E-state index contributed by atoms with van der Waals surface area (Å²) in [5, 5.41) is 3.30. The van der Waals surface area contributed by atoms with E-state index >= 15 is 0 Å². The molecule has 0 saturated carbocycles. The van der Waals surface area contributed by atoms with Crippen LogP contribution in [0.25, 0.3) is 0 Å². The number of hydrogen-bond acceptors (Lipinski definition) is 2. The predicted octanol–water partition coefficient (Wildman–Crippen LogP) is 2.58. The molecular weight excluding hydrogens is 174 g/mol. The van der Waals surface area contributed by atoms with Crippen molar-refractivity contribution in [2.75, 3.05) is 7.05 Å². The highest BCUT2D eigenvalue weighted by Crippen LogP contribution is 2.32. The van der Waals surface area contributed by atoms with Gasteiger partial charge in [-0.3, -0.25) is 0 Å². The Morgan fingerprint density at radius 1 is 1.43 bits per heavy atom. The third kappa shape index (κ3) is 3.25. The zero-order valence-corrected chi connectivity index (χ0v) is 10.3. The molecule has 1 aliphatic rings. The Balaban J connectivity index is 2.32. The summed E-state index contributed by atoms with van der Waals surface area (Å²) in [5.74, 6) is 0.693. The highest BCUT2D eigenvalue weighted by atomic mass is 16.5.